The smallest absolute Gasteiger partial charge is 0.312 e. The summed E-state index contributed by atoms with van der Waals surface area (Å²) in [5.41, 5.74) is -0.779. The Morgan fingerprint density at radius 2 is 2.17 bits per heavy atom. The Morgan fingerprint density at radius 1 is 1.43 bits per heavy atom. The average molecular weight is 502 g/mol. The van der Waals surface area contributed by atoms with E-state index in [1.165, 1.54) is 4.90 Å². The molecular formula is C20H22BrClN2O6. The lowest BCUT2D eigenvalue weighted by molar-refractivity contribution is -0.154. The molecule has 3 aliphatic heterocycles. The lowest BCUT2D eigenvalue weighted by atomic mass is 9.70. The number of halogens is 2. The van der Waals surface area contributed by atoms with Gasteiger partial charge in [0.2, 0.25) is 11.8 Å². The van der Waals surface area contributed by atoms with Crippen molar-refractivity contribution in [3.05, 3.63) is 29.3 Å². The van der Waals surface area contributed by atoms with Crippen molar-refractivity contribution >= 4 is 51.0 Å². The fraction of sp³-hybridized carbons (Fsp3) is 0.550. The summed E-state index contributed by atoms with van der Waals surface area (Å²) in [7, 11) is 0. The lowest BCUT2D eigenvalue weighted by Crippen LogP contribution is -2.54. The second kappa shape index (κ2) is 8.11. The third kappa shape index (κ3) is 3.14. The predicted octanol–water partition coefficient (Wildman–Crippen LogP) is 1.58. The molecular weight excluding hydrogens is 480 g/mol. The van der Waals surface area contributed by atoms with E-state index in [0.717, 1.165) is 0 Å². The van der Waals surface area contributed by atoms with Crippen molar-refractivity contribution < 1.29 is 29.0 Å². The maximum absolute atomic E-state index is 13.4. The van der Waals surface area contributed by atoms with Crippen LogP contribution in [0.4, 0.5) is 5.69 Å². The van der Waals surface area contributed by atoms with Gasteiger partial charge in [0, 0.05) is 11.4 Å². The van der Waals surface area contributed by atoms with Gasteiger partial charge in [-0.1, -0.05) is 39.7 Å². The van der Waals surface area contributed by atoms with Crippen molar-refractivity contribution in [2.75, 3.05) is 25.1 Å². The van der Waals surface area contributed by atoms with Gasteiger partial charge in [-0.25, -0.2) is 0 Å². The number of nitrogens with one attached hydrogen (secondary N) is 1. The highest BCUT2D eigenvalue weighted by Gasteiger charge is 2.76. The largest absolute Gasteiger partial charge is 0.466 e. The number of aliphatic hydroxyl groups excluding tert-OH is 1. The first kappa shape index (κ1) is 21.5. The summed E-state index contributed by atoms with van der Waals surface area (Å²) in [5, 5.41) is 12.7. The van der Waals surface area contributed by atoms with Crippen LogP contribution >= 0.6 is 27.5 Å². The van der Waals surface area contributed by atoms with Gasteiger partial charge < -0.3 is 24.8 Å². The van der Waals surface area contributed by atoms with Gasteiger partial charge in [-0.15, -0.1) is 0 Å². The van der Waals surface area contributed by atoms with Crippen LogP contribution in [0, 0.1) is 11.8 Å². The average Bonchev–Trinajstić information content (AvgIpc) is 3.28. The highest BCUT2D eigenvalue weighted by Crippen LogP contribution is 2.60. The maximum atomic E-state index is 13.4. The maximum Gasteiger partial charge on any atom is 0.312 e. The number of carbonyl (C=O) groups excluding carboxylic acids is 3. The first-order valence-electron chi connectivity index (χ1n) is 9.81. The second-order valence-corrected chi connectivity index (χ2v) is 9.22. The molecule has 0 aromatic heterocycles. The van der Waals surface area contributed by atoms with Crippen LogP contribution in [-0.4, -0.2) is 70.1 Å². The molecule has 8 nitrogen and oxygen atoms in total. The number of carbonyl (C=O) groups is 3. The highest BCUT2D eigenvalue weighted by molar-refractivity contribution is 9.09. The number of ether oxygens (including phenoxy) is 2. The molecule has 0 aliphatic carbocycles. The summed E-state index contributed by atoms with van der Waals surface area (Å²) >= 11 is 9.73. The molecule has 162 valence electrons. The third-order valence-electron chi connectivity index (χ3n) is 6.07. The van der Waals surface area contributed by atoms with Crippen LogP contribution in [0.25, 0.3) is 0 Å². The van der Waals surface area contributed by atoms with E-state index in [2.05, 4.69) is 21.2 Å². The van der Waals surface area contributed by atoms with E-state index in [1.54, 1.807) is 31.2 Å². The topological polar surface area (TPSA) is 105 Å². The Balaban J connectivity index is 1.72. The number of β-amino-alcohol motifs (C(OH)–C–C–N with tert-alkyl or cyclic N) is 1. The van der Waals surface area contributed by atoms with Crippen LogP contribution in [0.3, 0.4) is 0 Å². The Morgan fingerprint density at radius 3 is 2.83 bits per heavy atom. The standard InChI is InChI=1S/C20H22BrClN2O6/c1-2-29-19(28)13-14-18(27)24(7-8-25)16(20(14)9-10(21)15(13)30-20)17(26)23-12-6-4-3-5-11(12)22/h3-6,10,13-16,25H,2,7-9H2,1H3,(H,23,26)/t10?,13-,14+,15-,16?,20?/m1/s1. The zero-order chi connectivity index (χ0) is 21.6. The van der Waals surface area contributed by atoms with Crippen LogP contribution in [0.5, 0.6) is 0 Å². The van der Waals surface area contributed by atoms with Crippen molar-refractivity contribution in [2.45, 2.75) is 35.9 Å². The molecule has 1 aromatic carbocycles. The predicted molar refractivity (Wildman–Crippen MR) is 111 cm³/mol. The molecule has 2 amide bonds. The van der Waals surface area contributed by atoms with Crippen LogP contribution in [0.15, 0.2) is 24.3 Å². The minimum absolute atomic E-state index is 0.0474. The number of amides is 2. The van der Waals surface area contributed by atoms with Crippen LogP contribution in [0.1, 0.15) is 13.3 Å². The van der Waals surface area contributed by atoms with Crippen molar-refractivity contribution in [1.29, 1.82) is 0 Å². The Kier molecular flexibility index (Phi) is 5.82. The number of hydrogen-bond donors (Lipinski definition) is 2. The summed E-state index contributed by atoms with van der Waals surface area (Å²) < 4.78 is 11.4. The van der Waals surface area contributed by atoms with Gasteiger partial charge in [0.25, 0.3) is 0 Å². The summed E-state index contributed by atoms with van der Waals surface area (Å²) in [6.45, 7) is 1.51. The van der Waals surface area contributed by atoms with E-state index in [1.807, 2.05) is 0 Å². The first-order valence-corrected chi connectivity index (χ1v) is 11.1. The van der Waals surface area contributed by atoms with E-state index in [0.29, 0.717) is 17.1 Å². The van der Waals surface area contributed by atoms with Gasteiger partial charge in [-0.2, -0.15) is 0 Å². The fourth-order valence-electron chi connectivity index (χ4n) is 5.05. The number of benzene rings is 1. The molecule has 30 heavy (non-hydrogen) atoms. The number of rotatable bonds is 6. The molecule has 0 saturated carbocycles. The number of fused-ring (bicyclic) bond motifs is 1. The molecule has 1 aromatic rings. The SMILES string of the molecule is CCOC(=O)[C@H]1[C@@H]2OC3(CC2Br)C(C(=O)Nc2ccccc2Cl)N(CCO)C(=O)[C@H]13. The number of nitrogens with zero attached hydrogens (tertiary/aromatic N) is 1. The Labute approximate surface area is 187 Å². The zero-order valence-corrected chi connectivity index (χ0v) is 18.6. The van der Waals surface area contributed by atoms with Crippen molar-refractivity contribution in [2.24, 2.45) is 11.8 Å². The van der Waals surface area contributed by atoms with Crippen molar-refractivity contribution in [3.63, 3.8) is 0 Å². The summed E-state index contributed by atoms with van der Waals surface area (Å²) in [5.74, 6) is -3.03. The highest BCUT2D eigenvalue weighted by atomic mass is 79.9. The van der Waals surface area contributed by atoms with E-state index in [-0.39, 0.29) is 30.5 Å². The molecule has 3 saturated heterocycles. The molecule has 3 unspecified atom stereocenters. The number of likely N-dealkylation sites (tertiary alicyclic amines) is 1. The monoisotopic (exact) mass is 500 g/mol. The van der Waals surface area contributed by atoms with Gasteiger partial charge in [0.1, 0.15) is 11.6 Å². The minimum Gasteiger partial charge on any atom is -0.466 e. The van der Waals surface area contributed by atoms with Crippen molar-refractivity contribution in [3.8, 4) is 0 Å². The lowest BCUT2D eigenvalue weighted by Gasteiger charge is -2.33. The molecule has 10 heteroatoms. The normalized spacial score (nSPS) is 34.2. The molecule has 6 atom stereocenters. The first-order chi connectivity index (χ1) is 14.4. The van der Waals surface area contributed by atoms with Gasteiger partial charge in [-0.05, 0) is 25.5 Å². The zero-order valence-electron chi connectivity index (χ0n) is 16.2. The van der Waals surface area contributed by atoms with E-state index < -0.39 is 41.5 Å². The summed E-state index contributed by atoms with van der Waals surface area (Å²) in [6.07, 6.45) is -0.183. The number of alkyl halides is 1. The molecule has 3 heterocycles. The van der Waals surface area contributed by atoms with E-state index in [4.69, 9.17) is 21.1 Å². The van der Waals surface area contributed by atoms with E-state index in [9.17, 15) is 19.5 Å². The van der Waals surface area contributed by atoms with Gasteiger partial charge >= 0.3 is 5.97 Å². The summed E-state index contributed by atoms with van der Waals surface area (Å²) in [4.78, 5) is 40.5. The minimum atomic E-state index is -1.19. The number of para-hydroxylation sites is 1. The quantitative estimate of drug-likeness (QED) is 0.453. The third-order valence-corrected chi connectivity index (χ3v) is 7.24. The number of esters is 1. The Hall–Kier alpha value is -1.68. The summed E-state index contributed by atoms with van der Waals surface area (Å²) in [6, 6.07) is 5.77. The van der Waals surface area contributed by atoms with Crippen LogP contribution in [-0.2, 0) is 23.9 Å². The molecule has 1 spiro atoms. The molecule has 2 bridgehead atoms. The van der Waals surface area contributed by atoms with Crippen LogP contribution < -0.4 is 5.32 Å². The molecule has 0 radical (unpaired) electrons. The van der Waals surface area contributed by atoms with Crippen LogP contribution in [0.2, 0.25) is 5.02 Å². The Bertz CT molecular complexity index is 885. The number of aliphatic hydroxyl groups is 1. The van der Waals surface area contributed by atoms with Crippen molar-refractivity contribution in [1.82, 2.24) is 4.90 Å². The molecule has 3 fully saturated rings. The molecule has 4 rings (SSSR count). The molecule has 3 aliphatic rings. The van der Waals surface area contributed by atoms with Gasteiger partial charge in [-0.3, -0.25) is 14.4 Å². The van der Waals surface area contributed by atoms with E-state index >= 15 is 0 Å². The number of anilines is 1. The fourth-order valence-corrected chi connectivity index (χ4v) is 6.18. The number of hydrogen-bond acceptors (Lipinski definition) is 6. The van der Waals surface area contributed by atoms with Gasteiger partial charge in [0.15, 0.2) is 0 Å². The van der Waals surface area contributed by atoms with Gasteiger partial charge in [0.05, 0.1) is 41.9 Å². The molecule has 2 N–H and O–H groups in total. The second-order valence-electron chi connectivity index (χ2n) is 7.64.